The Hall–Kier alpha value is -4.02. The highest BCUT2D eigenvalue weighted by Crippen LogP contribution is 2.13. The largest absolute Gasteiger partial charge is 0.465 e. The van der Waals surface area contributed by atoms with Crippen LogP contribution in [0.2, 0.25) is 0 Å². The van der Waals surface area contributed by atoms with E-state index in [4.69, 9.17) is 9.26 Å². The molecule has 0 radical (unpaired) electrons. The van der Waals surface area contributed by atoms with Crippen LogP contribution in [0.3, 0.4) is 0 Å². The number of amides is 1. The lowest BCUT2D eigenvalue weighted by molar-refractivity contribution is -0.116. The van der Waals surface area contributed by atoms with Crippen LogP contribution in [0.5, 0.6) is 0 Å². The maximum Gasteiger partial charge on any atom is 0.361 e. The SMILES string of the molecule is CCOC(=O)c1noc2ncn(CC(=O)Nc3ccc(C(=O)OC)cc3)c(=O)c12. The van der Waals surface area contributed by atoms with Crippen molar-refractivity contribution in [2.75, 3.05) is 19.0 Å². The number of methoxy groups -OCH3 is 1. The van der Waals surface area contributed by atoms with Gasteiger partial charge in [-0.2, -0.15) is 0 Å². The van der Waals surface area contributed by atoms with Crippen molar-refractivity contribution in [2.24, 2.45) is 0 Å². The average molecular weight is 400 g/mol. The lowest BCUT2D eigenvalue weighted by Crippen LogP contribution is -2.28. The van der Waals surface area contributed by atoms with E-state index < -0.39 is 23.4 Å². The van der Waals surface area contributed by atoms with Crippen LogP contribution in [0.25, 0.3) is 11.1 Å². The van der Waals surface area contributed by atoms with Gasteiger partial charge in [0.1, 0.15) is 18.3 Å². The number of nitrogens with zero attached hydrogens (tertiary/aromatic N) is 3. The van der Waals surface area contributed by atoms with E-state index >= 15 is 0 Å². The molecule has 2 heterocycles. The molecule has 1 N–H and O–H groups in total. The lowest BCUT2D eigenvalue weighted by Gasteiger charge is -2.07. The Labute approximate surface area is 163 Å². The summed E-state index contributed by atoms with van der Waals surface area (Å²) < 4.78 is 15.3. The lowest BCUT2D eigenvalue weighted by atomic mass is 10.2. The monoisotopic (exact) mass is 400 g/mol. The number of ether oxygens (including phenoxy) is 2. The van der Waals surface area contributed by atoms with Crippen molar-refractivity contribution in [1.82, 2.24) is 14.7 Å². The van der Waals surface area contributed by atoms with Gasteiger partial charge >= 0.3 is 11.9 Å². The quantitative estimate of drug-likeness (QED) is 0.599. The van der Waals surface area contributed by atoms with Gasteiger partial charge in [-0.05, 0) is 31.2 Å². The topological polar surface area (TPSA) is 143 Å². The average Bonchev–Trinajstić information content (AvgIpc) is 3.15. The van der Waals surface area contributed by atoms with Crippen molar-refractivity contribution in [3.63, 3.8) is 0 Å². The number of rotatable bonds is 6. The zero-order chi connectivity index (χ0) is 21.0. The summed E-state index contributed by atoms with van der Waals surface area (Å²) in [6.45, 7) is 1.34. The minimum absolute atomic E-state index is 0.0960. The van der Waals surface area contributed by atoms with Crippen molar-refractivity contribution in [2.45, 2.75) is 13.5 Å². The van der Waals surface area contributed by atoms with Gasteiger partial charge in [-0.1, -0.05) is 5.16 Å². The van der Waals surface area contributed by atoms with Crippen LogP contribution in [-0.4, -0.2) is 46.3 Å². The highest BCUT2D eigenvalue weighted by atomic mass is 16.5. The molecule has 11 nitrogen and oxygen atoms in total. The molecule has 0 saturated carbocycles. The second-order valence-corrected chi connectivity index (χ2v) is 5.73. The molecular weight excluding hydrogens is 384 g/mol. The molecule has 150 valence electrons. The van der Waals surface area contributed by atoms with Gasteiger partial charge in [0.15, 0.2) is 0 Å². The van der Waals surface area contributed by atoms with Crippen LogP contribution >= 0.6 is 0 Å². The fraction of sp³-hybridized carbons (Fsp3) is 0.222. The van der Waals surface area contributed by atoms with Crippen LogP contribution in [0.1, 0.15) is 27.8 Å². The summed E-state index contributed by atoms with van der Waals surface area (Å²) in [5.41, 5.74) is -0.353. The Balaban J connectivity index is 1.79. The molecule has 0 spiro atoms. The third-order valence-electron chi connectivity index (χ3n) is 3.84. The molecule has 1 amide bonds. The fourth-order valence-electron chi connectivity index (χ4n) is 2.49. The van der Waals surface area contributed by atoms with E-state index in [0.29, 0.717) is 11.3 Å². The van der Waals surface area contributed by atoms with Gasteiger partial charge in [-0.15, -0.1) is 0 Å². The molecule has 0 fully saturated rings. The smallest absolute Gasteiger partial charge is 0.361 e. The molecule has 0 bridgehead atoms. The number of aromatic nitrogens is 3. The Morgan fingerprint density at radius 3 is 2.55 bits per heavy atom. The first-order chi connectivity index (χ1) is 13.9. The third-order valence-corrected chi connectivity index (χ3v) is 3.84. The second kappa shape index (κ2) is 8.33. The second-order valence-electron chi connectivity index (χ2n) is 5.73. The zero-order valence-electron chi connectivity index (χ0n) is 15.5. The molecule has 0 saturated heterocycles. The van der Waals surface area contributed by atoms with Gasteiger partial charge < -0.3 is 19.3 Å². The number of benzene rings is 1. The Bertz CT molecular complexity index is 1130. The van der Waals surface area contributed by atoms with Gasteiger partial charge in [-0.25, -0.2) is 14.6 Å². The maximum absolute atomic E-state index is 12.6. The van der Waals surface area contributed by atoms with Crippen molar-refractivity contribution in [3.05, 3.63) is 52.2 Å². The fourth-order valence-corrected chi connectivity index (χ4v) is 2.49. The number of anilines is 1. The Morgan fingerprint density at radius 1 is 1.17 bits per heavy atom. The van der Waals surface area contributed by atoms with Gasteiger partial charge in [-0.3, -0.25) is 14.2 Å². The van der Waals surface area contributed by atoms with E-state index in [0.717, 1.165) is 10.9 Å². The van der Waals surface area contributed by atoms with Crippen molar-refractivity contribution >= 4 is 34.6 Å². The van der Waals surface area contributed by atoms with Crippen LogP contribution < -0.4 is 10.9 Å². The summed E-state index contributed by atoms with van der Waals surface area (Å²) in [5, 5.41) is 5.95. The van der Waals surface area contributed by atoms with Gasteiger partial charge in [0.25, 0.3) is 11.3 Å². The molecule has 0 aliphatic heterocycles. The van der Waals surface area contributed by atoms with Crippen molar-refractivity contribution < 1.29 is 28.4 Å². The summed E-state index contributed by atoms with van der Waals surface area (Å²) in [5.74, 6) is -1.84. The van der Waals surface area contributed by atoms with E-state index in [9.17, 15) is 19.2 Å². The normalized spacial score (nSPS) is 10.6. The van der Waals surface area contributed by atoms with Crippen LogP contribution in [0.15, 0.2) is 39.9 Å². The summed E-state index contributed by atoms with van der Waals surface area (Å²) >= 11 is 0. The molecule has 0 unspecified atom stereocenters. The summed E-state index contributed by atoms with van der Waals surface area (Å²) in [6, 6.07) is 6.02. The van der Waals surface area contributed by atoms with Crippen LogP contribution in [0.4, 0.5) is 5.69 Å². The first kappa shape index (κ1) is 19.7. The van der Waals surface area contributed by atoms with Gasteiger partial charge in [0.05, 0.1) is 19.3 Å². The van der Waals surface area contributed by atoms with E-state index in [1.54, 1.807) is 6.92 Å². The molecule has 0 aliphatic rings. The van der Waals surface area contributed by atoms with E-state index in [-0.39, 0.29) is 29.9 Å². The molecule has 11 heteroatoms. The predicted molar refractivity (Wildman–Crippen MR) is 98.4 cm³/mol. The number of hydrogen-bond acceptors (Lipinski definition) is 9. The number of hydrogen-bond donors (Lipinski definition) is 1. The van der Waals surface area contributed by atoms with Gasteiger partial charge in [0.2, 0.25) is 11.6 Å². The molecule has 0 atom stereocenters. The van der Waals surface area contributed by atoms with Crippen molar-refractivity contribution in [3.8, 4) is 0 Å². The molecule has 0 aliphatic carbocycles. The Morgan fingerprint density at radius 2 is 1.90 bits per heavy atom. The summed E-state index contributed by atoms with van der Waals surface area (Å²) in [4.78, 5) is 52.2. The van der Waals surface area contributed by atoms with E-state index in [2.05, 4.69) is 20.2 Å². The number of fused-ring (bicyclic) bond motifs is 1. The minimum atomic E-state index is -0.821. The molecule has 29 heavy (non-hydrogen) atoms. The maximum atomic E-state index is 12.6. The highest BCUT2D eigenvalue weighted by Gasteiger charge is 2.22. The standard InChI is InChI=1S/C18H16N4O7/c1-3-28-18(26)14-13-15(29-21-14)19-9-22(16(13)24)8-12(23)20-11-6-4-10(5-7-11)17(25)27-2/h4-7,9H,3,8H2,1-2H3,(H,20,23). The van der Waals surface area contributed by atoms with Crippen LogP contribution in [0, 0.1) is 0 Å². The zero-order valence-corrected chi connectivity index (χ0v) is 15.5. The van der Waals surface area contributed by atoms with Crippen molar-refractivity contribution in [1.29, 1.82) is 0 Å². The minimum Gasteiger partial charge on any atom is -0.465 e. The predicted octanol–water partition coefficient (Wildman–Crippen LogP) is 0.987. The number of carbonyl (C=O) groups is 3. The number of carbonyl (C=O) groups excluding carboxylic acids is 3. The van der Waals surface area contributed by atoms with E-state index in [1.165, 1.54) is 31.4 Å². The first-order valence-electron chi connectivity index (χ1n) is 8.44. The number of esters is 2. The highest BCUT2D eigenvalue weighted by molar-refractivity contribution is 6.00. The molecular formula is C18H16N4O7. The molecule has 1 aromatic carbocycles. The van der Waals surface area contributed by atoms with E-state index in [1.807, 2.05) is 0 Å². The molecule has 2 aromatic heterocycles. The summed E-state index contributed by atoms with van der Waals surface area (Å²) in [7, 11) is 1.27. The Kier molecular flexibility index (Phi) is 5.67. The first-order valence-corrected chi connectivity index (χ1v) is 8.44. The summed E-state index contributed by atoms with van der Waals surface area (Å²) in [6.07, 6.45) is 1.12. The molecule has 3 aromatic rings. The van der Waals surface area contributed by atoms with Gasteiger partial charge in [0, 0.05) is 5.69 Å². The number of nitrogens with one attached hydrogen (secondary N) is 1. The van der Waals surface area contributed by atoms with Crippen LogP contribution in [-0.2, 0) is 20.8 Å². The molecule has 3 rings (SSSR count). The third kappa shape index (κ3) is 4.13.